The quantitative estimate of drug-likeness (QED) is 0.828. The zero-order valence-corrected chi connectivity index (χ0v) is 11.5. The number of carboxylic acid groups (broad SMARTS) is 1. The number of hydrogen-bond donors (Lipinski definition) is 2. The molecule has 0 aliphatic heterocycles. The van der Waals surface area contributed by atoms with E-state index in [1.165, 1.54) is 6.08 Å². The molecule has 0 unspecified atom stereocenters. The van der Waals surface area contributed by atoms with Crippen molar-refractivity contribution in [2.45, 2.75) is 32.2 Å². The zero-order chi connectivity index (χ0) is 14.5. The first-order valence-electron chi connectivity index (χ1n) is 6.82. The highest BCUT2D eigenvalue weighted by molar-refractivity contribution is 5.92. The average molecular weight is 273 g/mol. The maximum Gasteiger partial charge on any atom is 0.306 e. The molecule has 1 saturated carbocycles. The monoisotopic (exact) mass is 273 g/mol. The molecule has 0 saturated heterocycles. The van der Waals surface area contributed by atoms with Gasteiger partial charge in [-0.3, -0.25) is 9.59 Å². The van der Waals surface area contributed by atoms with Gasteiger partial charge in [0.15, 0.2) is 0 Å². The van der Waals surface area contributed by atoms with Crippen molar-refractivity contribution in [2.75, 3.05) is 0 Å². The average Bonchev–Trinajstić information content (AvgIpc) is 2.85. The lowest BCUT2D eigenvalue weighted by molar-refractivity contribution is -0.141. The van der Waals surface area contributed by atoms with Gasteiger partial charge in [-0.05, 0) is 37.8 Å². The van der Waals surface area contributed by atoms with E-state index in [0.29, 0.717) is 12.8 Å². The zero-order valence-electron chi connectivity index (χ0n) is 11.5. The van der Waals surface area contributed by atoms with Crippen LogP contribution in [0.5, 0.6) is 0 Å². The predicted molar refractivity (Wildman–Crippen MR) is 77.1 cm³/mol. The number of nitrogens with one attached hydrogen (secondary N) is 1. The molecule has 2 atom stereocenters. The van der Waals surface area contributed by atoms with Crippen LogP contribution in [0.25, 0.3) is 6.08 Å². The normalized spacial score (nSPS) is 22.1. The van der Waals surface area contributed by atoms with Gasteiger partial charge in [-0.2, -0.15) is 0 Å². The number of aliphatic carboxylic acids is 1. The lowest BCUT2D eigenvalue weighted by atomic mass is 10.1. The van der Waals surface area contributed by atoms with E-state index < -0.39 is 5.97 Å². The maximum atomic E-state index is 11.8. The Morgan fingerprint density at radius 3 is 2.80 bits per heavy atom. The fourth-order valence-corrected chi connectivity index (χ4v) is 2.53. The van der Waals surface area contributed by atoms with Gasteiger partial charge in [0.05, 0.1) is 5.92 Å². The van der Waals surface area contributed by atoms with E-state index in [9.17, 15) is 9.59 Å². The third-order valence-electron chi connectivity index (χ3n) is 3.60. The lowest BCUT2D eigenvalue weighted by Gasteiger charge is -2.10. The van der Waals surface area contributed by atoms with Crippen LogP contribution in [0, 0.1) is 12.8 Å². The summed E-state index contributed by atoms with van der Waals surface area (Å²) in [5.74, 6) is -1.25. The van der Waals surface area contributed by atoms with Crippen LogP contribution in [0.1, 0.15) is 30.4 Å². The topological polar surface area (TPSA) is 66.4 Å². The molecule has 20 heavy (non-hydrogen) atoms. The molecule has 0 radical (unpaired) electrons. The Morgan fingerprint density at radius 1 is 1.35 bits per heavy atom. The Labute approximate surface area is 118 Å². The van der Waals surface area contributed by atoms with Gasteiger partial charge in [0.1, 0.15) is 0 Å². The van der Waals surface area contributed by atoms with Gasteiger partial charge in [0, 0.05) is 12.1 Å². The molecule has 0 spiro atoms. The number of carbonyl (C=O) groups is 2. The summed E-state index contributed by atoms with van der Waals surface area (Å²) >= 11 is 0. The molecule has 4 nitrogen and oxygen atoms in total. The summed E-state index contributed by atoms with van der Waals surface area (Å²) in [6.07, 6.45) is 5.18. The first kappa shape index (κ1) is 14.3. The molecule has 1 aromatic carbocycles. The van der Waals surface area contributed by atoms with Crippen LogP contribution in [-0.4, -0.2) is 23.0 Å². The van der Waals surface area contributed by atoms with Crippen molar-refractivity contribution in [2.24, 2.45) is 5.92 Å². The van der Waals surface area contributed by atoms with Crippen molar-refractivity contribution >= 4 is 18.0 Å². The van der Waals surface area contributed by atoms with E-state index in [2.05, 4.69) is 5.32 Å². The van der Waals surface area contributed by atoms with Crippen LogP contribution < -0.4 is 5.32 Å². The number of carbonyl (C=O) groups excluding carboxylic acids is 1. The summed E-state index contributed by atoms with van der Waals surface area (Å²) in [7, 11) is 0. The highest BCUT2D eigenvalue weighted by atomic mass is 16.4. The van der Waals surface area contributed by atoms with Crippen molar-refractivity contribution in [1.82, 2.24) is 5.32 Å². The Morgan fingerprint density at radius 2 is 2.15 bits per heavy atom. The minimum absolute atomic E-state index is 0.0224. The van der Waals surface area contributed by atoms with E-state index in [0.717, 1.165) is 17.5 Å². The Kier molecular flexibility index (Phi) is 4.56. The summed E-state index contributed by atoms with van der Waals surface area (Å²) in [6, 6.07) is 7.86. The molecule has 4 heteroatoms. The van der Waals surface area contributed by atoms with E-state index in [4.69, 9.17) is 5.11 Å². The second kappa shape index (κ2) is 6.37. The van der Waals surface area contributed by atoms with Gasteiger partial charge in [0.2, 0.25) is 5.91 Å². The predicted octanol–water partition coefficient (Wildman–Crippen LogP) is 2.38. The number of carboxylic acids is 1. The van der Waals surface area contributed by atoms with Crippen molar-refractivity contribution in [3.8, 4) is 0 Å². The highest BCUT2D eigenvalue weighted by Crippen LogP contribution is 2.25. The molecular weight excluding hydrogens is 254 g/mol. The number of rotatable bonds is 4. The largest absolute Gasteiger partial charge is 0.481 e. The summed E-state index contributed by atoms with van der Waals surface area (Å²) in [6.45, 7) is 2.00. The highest BCUT2D eigenvalue weighted by Gasteiger charge is 2.30. The second-order valence-electron chi connectivity index (χ2n) is 5.30. The minimum atomic E-state index is -0.767. The van der Waals surface area contributed by atoms with Crippen molar-refractivity contribution < 1.29 is 14.7 Å². The fraction of sp³-hybridized carbons (Fsp3) is 0.375. The second-order valence-corrected chi connectivity index (χ2v) is 5.30. The first-order chi connectivity index (χ1) is 9.54. The van der Waals surface area contributed by atoms with Gasteiger partial charge in [0.25, 0.3) is 0 Å². The lowest BCUT2D eigenvalue weighted by Crippen LogP contribution is -2.31. The van der Waals surface area contributed by atoms with E-state index in [1.54, 1.807) is 6.08 Å². The van der Waals surface area contributed by atoms with Crippen LogP contribution in [0.15, 0.2) is 30.3 Å². The van der Waals surface area contributed by atoms with E-state index in [-0.39, 0.29) is 17.9 Å². The van der Waals surface area contributed by atoms with Gasteiger partial charge >= 0.3 is 5.97 Å². The van der Waals surface area contributed by atoms with Crippen LogP contribution in [0.3, 0.4) is 0 Å². The summed E-state index contributed by atoms with van der Waals surface area (Å²) in [4.78, 5) is 22.6. The molecule has 0 aromatic heterocycles. The molecule has 1 aliphatic carbocycles. The summed E-state index contributed by atoms with van der Waals surface area (Å²) in [5, 5.41) is 11.8. The number of benzene rings is 1. The molecule has 2 rings (SSSR count). The van der Waals surface area contributed by atoms with Crippen molar-refractivity contribution in [3.05, 3.63) is 41.5 Å². The minimum Gasteiger partial charge on any atom is -0.481 e. The van der Waals surface area contributed by atoms with Crippen LogP contribution >= 0.6 is 0 Å². The molecule has 0 bridgehead atoms. The molecule has 2 N–H and O–H groups in total. The van der Waals surface area contributed by atoms with Crippen LogP contribution in [0.4, 0.5) is 0 Å². The number of hydrogen-bond acceptors (Lipinski definition) is 2. The smallest absolute Gasteiger partial charge is 0.306 e. The third kappa shape index (κ3) is 3.95. The molecule has 1 fully saturated rings. The van der Waals surface area contributed by atoms with E-state index >= 15 is 0 Å². The first-order valence-corrected chi connectivity index (χ1v) is 6.82. The Bertz CT molecular complexity index is 536. The van der Waals surface area contributed by atoms with Gasteiger partial charge < -0.3 is 10.4 Å². The van der Waals surface area contributed by atoms with Gasteiger partial charge in [-0.1, -0.05) is 29.8 Å². The van der Waals surface area contributed by atoms with Crippen molar-refractivity contribution in [3.63, 3.8) is 0 Å². The Balaban J connectivity index is 1.86. The summed E-state index contributed by atoms with van der Waals surface area (Å²) in [5.41, 5.74) is 2.13. The van der Waals surface area contributed by atoms with Crippen molar-refractivity contribution in [1.29, 1.82) is 0 Å². The number of amides is 1. The standard InChI is InChI=1S/C16H19NO3/c1-11-3-2-4-12(9-11)5-8-15(18)17-14-7-6-13(10-14)16(19)20/h2-5,8-9,13-14H,6-7,10H2,1H3,(H,17,18)(H,19,20)/b8-5+/t13-,14+/m1/s1. The molecule has 1 amide bonds. The molecule has 1 aromatic rings. The van der Waals surface area contributed by atoms with Crippen LogP contribution in [-0.2, 0) is 9.59 Å². The molecule has 0 heterocycles. The fourth-order valence-electron chi connectivity index (χ4n) is 2.53. The SMILES string of the molecule is Cc1cccc(/C=C/C(=O)N[C@H]2CC[C@@H](C(=O)O)C2)c1. The number of aryl methyl sites for hydroxylation is 1. The molecule has 106 valence electrons. The molecule has 1 aliphatic rings. The van der Waals surface area contributed by atoms with Gasteiger partial charge in [-0.25, -0.2) is 0 Å². The molecular formula is C16H19NO3. The van der Waals surface area contributed by atoms with Gasteiger partial charge in [-0.15, -0.1) is 0 Å². The Hall–Kier alpha value is -2.10. The maximum absolute atomic E-state index is 11.8. The van der Waals surface area contributed by atoms with Crippen LogP contribution in [0.2, 0.25) is 0 Å². The van der Waals surface area contributed by atoms with E-state index in [1.807, 2.05) is 31.2 Å². The summed E-state index contributed by atoms with van der Waals surface area (Å²) < 4.78 is 0. The third-order valence-corrected chi connectivity index (χ3v) is 3.60.